The van der Waals surface area contributed by atoms with Gasteiger partial charge in [-0.1, -0.05) is 23.2 Å². The fraction of sp³-hybridized carbons (Fsp3) is 0.250. The molecule has 1 aliphatic heterocycles. The Hall–Kier alpha value is -3.00. The highest BCUT2D eigenvalue weighted by Crippen LogP contribution is 2.28. The summed E-state index contributed by atoms with van der Waals surface area (Å²) in [5.74, 6) is 0.906. The van der Waals surface area contributed by atoms with E-state index in [2.05, 4.69) is 5.32 Å². The second-order valence-electron chi connectivity index (χ2n) is 7.68. The van der Waals surface area contributed by atoms with Crippen LogP contribution in [0.1, 0.15) is 12.8 Å². The van der Waals surface area contributed by atoms with Crippen LogP contribution >= 0.6 is 23.2 Å². The lowest BCUT2D eigenvalue weighted by atomic mass is 10.0. The van der Waals surface area contributed by atoms with Crippen LogP contribution in [0, 0.1) is 5.92 Å². The van der Waals surface area contributed by atoms with Gasteiger partial charge < -0.3 is 24.0 Å². The molecule has 2 N–H and O–H groups in total. The smallest absolute Gasteiger partial charge is 0.339 e. The van der Waals surface area contributed by atoms with Gasteiger partial charge in [0.05, 0.1) is 29.5 Å². The summed E-state index contributed by atoms with van der Waals surface area (Å²) >= 11 is 11.7. The first-order valence-corrected chi connectivity index (χ1v) is 11.1. The first-order chi connectivity index (χ1) is 15.9. The molecule has 0 aliphatic carbocycles. The minimum atomic E-state index is -0.577. The lowest BCUT2D eigenvalue weighted by Gasteiger charge is -2.22. The van der Waals surface area contributed by atoms with Crippen molar-refractivity contribution in [3.05, 3.63) is 79.4 Å². The predicted octanol–water partition coefficient (Wildman–Crippen LogP) is 4.98. The van der Waals surface area contributed by atoms with E-state index in [4.69, 9.17) is 36.8 Å². The van der Waals surface area contributed by atoms with Gasteiger partial charge in [0.1, 0.15) is 22.7 Å². The zero-order chi connectivity index (χ0) is 23.4. The van der Waals surface area contributed by atoms with Crippen LogP contribution < -0.4 is 21.3 Å². The number of hydrogen-bond donors (Lipinski definition) is 2. The Morgan fingerprint density at radius 3 is 2.24 bits per heavy atom. The molecule has 0 radical (unpaired) electrons. The highest BCUT2D eigenvalue weighted by atomic mass is 35.5. The number of benzene rings is 2. The molecule has 9 heteroatoms. The van der Waals surface area contributed by atoms with E-state index in [1.54, 1.807) is 30.3 Å². The maximum Gasteiger partial charge on any atom is 0.339 e. The van der Waals surface area contributed by atoms with Crippen LogP contribution in [-0.4, -0.2) is 24.8 Å². The molecule has 172 valence electrons. The molecule has 5 rings (SSSR count). The van der Waals surface area contributed by atoms with Crippen molar-refractivity contribution in [3.63, 3.8) is 0 Å². The predicted molar refractivity (Wildman–Crippen MR) is 128 cm³/mol. The molecule has 3 heterocycles. The van der Waals surface area contributed by atoms with Gasteiger partial charge in [0, 0.05) is 22.5 Å². The van der Waals surface area contributed by atoms with Gasteiger partial charge in [-0.15, -0.1) is 0 Å². The molecule has 7 nitrogen and oxygen atoms in total. The average molecular weight is 490 g/mol. The average Bonchev–Trinajstić information content (AvgIpc) is 2.79. The Bertz CT molecular complexity index is 1390. The summed E-state index contributed by atoms with van der Waals surface area (Å²) in [4.78, 5) is 22.4. The molecule has 2 aromatic heterocycles. The number of halogens is 2. The molecule has 0 spiro atoms. The maximum atomic E-state index is 11.5. The fourth-order valence-electron chi connectivity index (χ4n) is 3.62. The van der Waals surface area contributed by atoms with E-state index < -0.39 is 11.3 Å². The lowest BCUT2D eigenvalue weighted by molar-refractivity contribution is 0.219. The van der Waals surface area contributed by atoms with E-state index in [-0.39, 0.29) is 5.75 Å². The highest BCUT2D eigenvalue weighted by molar-refractivity contribution is 6.31. The largest absolute Gasteiger partial charge is 0.507 e. The summed E-state index contributed by atoms with van der Waals surface area (Å²) in [6.45, 7) is 2.63. The Morgan fingerprint density at radius 2 is 1.58 bits per heavy atom. The Labute approximate surface area is 198 Å². The fourth-order valence-corrected chi connectivity index (χ4v) is 3.96. The van der Waals surface area contributed by atoms with Crippen molar-refractivity contribution in [3.8, 4) is 11.5 Å². The molecule has 1 saturated heterocycles. The minimum absolute atomic E-state index is 0.117. The summed E-state index contributed by atoms with van der Waals surface area (Å²) in [6, 6.07) is 12.2. The zero-order valence-electron chi connectivity index (χ0n) is 17.5. The molecule has 2 aromatic carbocycles. The van der Waals surface area contributed by atoms with Crippen LogP contribution in [-0.2, 0) is 0 Å². The molecular formula is C24H21Cl2NO6. The molecular weight excluding hydrogens is 469 g/mol. The molecule has 4 aromatic rings. The van der Waals surface area contributed by atoms with Gasteiger partial charge >= 0.3 is 11.3 Å². The SMILES string of the molecule is O=c1cc(O)c2cc(Cl)ccc2o1.O=c1cc(OCC2CCCNC2)c2cc(Cl)ccc2o1. The van der Waals surface area contributed by atoms with E-state index >= 15 is 0 Å². The van der Waals surface area contributed by atoms with E-state index in [1.807, 2.05) is 0 Å². The summed E-state index contributed by atoms with van der Waals surface area (Å²) in [5, 5.41) is 15.0. The first-order valence-electron chi connectivity index (χ1n) is 10.4. The molecule has 0 bridgehead atoms. The van der Waals surface area contributed by atoms with Gasteiger partial charge in [0.25, 0.3) is 0 Å². The van der Waals surface area contributed by atoms with E-state index in [9.17, 15) is 14.7 Å². The molecule has 1 aliphatic rings. The van der Waals surface area contributed by atoms with Crippen molar-refractivity contribution in [2.75, 3.05) is 19.7 Å². The summed E-state index contributed by atoms with van der Waals surface area (Å²) in [5.41, 5.74) is -0.156. The van der Waals surface area contributed by atoms with Crippen LogP contribution in [0.4, 0.5) is 0 Å². The van der Waals surface area contributed by atoms with Gasteiger partial charge in [-0.25, -0.2) is 9.59 Å². The number of ether oxygens (including phenoxy) is 1. The van der Waals surface area contributed by atoms with Crippen molar-refractivity contribution in [2.45, 2.75) is 12.8 Å². The van der Waals surface area contributed by atoms with Crippen molar-refractivity contribution in [1.82, 2.24) is 5.32 Å². The first kappa shape index (κ1) is 23.2. The summed E-state index contributed by atoms with van der Waals surface area (Å²) < 4.78 is 15.8. The second-order valence-corrected chi connectivity index (χ2v) is 8.56. The standard InChI is InChI=1S/C15H16ClNO3.C9H5ClO3/c16-11-3-4-13-12(6-11)14(7-15(18)20-13)19-9-10-2-1-5-17-8-10;10-5-1-2-8-6(3-5)7(11)4-9(12)13-8/h3-4,6-7,10,17H,1-2,5,8-9H2;1-4,11H. The molecule has 0 amide bonds. The summed E-state index contributed by atoms with van der Waals surface area (Å²) in [6.07, 6.45) is 2.31. The number of nitrogens with one attached hydrogen (secondary N) is 1. The van der Waals surface area contributed by atoms with E-state index in [1.165, 1.54) is 12.1 Å². The third-order valence-corrected chi connectivity index (χ3v) is 5.69. The number of rotatable bonds is 3. The number of hydrogen-bond acceptors (Lipinski definition) is 7. The van der Waals surface area contributed by atoms with Crippen LogP contribution in [0.3, 0.4) is 0 Å². The van der Waals surface area contributed by atoms with Gasteiger partial charge in [-0.3, -0.25) is 0 Å². The van der Waals surface area contributed by atoms with Crippen LogP contribution in [0.25, 0.3) is 21.9 Å². The second kappa shape index (κ2) is 10.3. The summed E-state index contributed by atoms with van der Waals surface area (Å²) in [7, 11) is 0. The van der Waals surface area contributed by atoms with Gasteiger partial charge in [0.15, 0.2) is 0 Å². The molecule has 1 atom stereocenters. The number of aromatic hydroxyl groups is 1. The van der Waals surface area contributed by atoms with Gasteiger partial charge in [-0.05, 0) is 55.8 Å². The zero-order valence-corrected chi connectivity index (χ0v) is 19.0. The minimum Gasteiger partial charge on any atom is -0.507 e. The van der Waals surface area contributed by atoms with Crippen LogP contribution in [0.5, 0.6) is 11.5 Å². The third kappa shape index (κ3) is 5.87. The van der Waals surface area contributed by atoms with Crippen molar-refractivity contribution < 1.29 is 18.7 Å². The Kier molecular flexibility index (Phi) is 7.23. The third-order valence-electron chi connectivity index (χ3n) is 5.22. The van der Waals surface area contributed by atoms with Crippen LogP contribution in [0.2, 0.25) is 10.0 Å². The van der Waals surface area contributed by atoms with Crippen molar-refractivity contribution >= 4 is 45.1 Å². The topological polar surface area (TPSA) is 102 Å². The maximum absolute atomic E-state index is 11.5. The Balaban J connectivity index is 0.000000172. The normalized spacial score (nSPS) is 15.8. The molecule has 33 heavy (non-hydrogen) atoms. The number of piperidine rings is 1. The van der Waals surface area contributed by atoms with Crippen LogP contribution in [0.15, 0.2) is 67.0 Å². The molecule has 0 saturated carbocycles. The highest BCUT2D eigenvalue weighted by Gasteiger charge is 2.15. The molecule has 1 unspecified atom stereocenters. The van der Waals surface area contributed by atoms with Gasteiger partial charge in [0.2, 0.25) is 0 Å². The lowest BCUT2D eigenvalue weighted by Crippen LogP contribution is -2.33. The van der Waals surface area contributed by atoms with Gasteiger partial charge in [-0.2, -0.15) is 0 Å². The van der Waals surface area contributed by atoms with E-state index in [0.29, 0.717) is 44.9 Å². The quantitative estimate of drug-likeness (QED) is 0.391. The number of fused-ring (bicyclic) bond motifs is 2. The van der Waals surface area contributed by atoms with Crippen molar-refractivity contribution in [1.29, 1.82) is 0 Å². The monoisotopic (exact) mass is 489 g/mol. The van der Waals surface area contributed by atoms with Crippen molar-refractivity contribution in [2.24, 2.45) is 5.92 Å². The molecule has 1 fully saturated rings. The van der Waals surface area contributed by atoms with E-state index in [0.717, 1.165) is 37.4 Å². The Morgan fingerprint density at radius 1 is 0.939 bits per heavy atom.